The highest BCUT2D eigenvalue weighted by molar-refractivity contribution is 6.53. The predicted molar refractivity (Wildman–Crippen MR) is 47.1 cm³/mol. The lowest BCUT2D eigenvalue weighted by molar-refractivity contribution is -0.137. The van der Waals surface area contributed by atoms with Crippen molar-refractivity contribution in [3.05, 3.63) is 0 Å². The third-order valence-electron chi connectivity index (χ3n) is 0.981. The van der Waals surface area contributed by atoms with E-state index in [1.807, 2.05) is 0 Å². The molecule has 0 fully saturated rings. The molecule has 0 aromatic heterocycles. The number of hydrogen-bond acceptors (Lipinski definition) is 1. The van der Waals surface area contributed by atoms with Crippen molar-refractivity contribution in [1.82, 2.24) is 0 Å². The number of hydrogen-bond donors (Lipinski definition) is 1. The zero-order chi connectivity index (χ0) is 9.07. The molecule has 2 nitrogen and oxygen atoms in total. The molecule has 0 aromatic carbocycles. The second kappa shape index (κ2) is 4.61. The molecular formula is C5H6Cl4O2. The fraction of sp³-hybridized carbons (Fsp3) is 0.800. The lowest BCUT2D eigenvalue weighted by Gasteiger charge is -2.20. The zero-order valence-corrected chi connectivity index (χ0v) is 8.38. The molecule has 1 N–H and O–H groups in total. The van der Waals surface area contributed by atoms with Gasteiger partial charge >= 0.3 is 5.97 Å². The summed E-state index contributed by atoms with van der Waals surface area (Å²) in [6.45, 7) is 0. The van der Waals surface area contributed by atoms with E-state index in [-0.39, 0.29) is 5.88 Å². The molecule has 11 heavy (non-hydrogen) atoms. The summed E-state index contributed by atoms with van der Waals surface area (Å²) in [6.07, 6.45) is -0.420. The predicted octanol–water partition coefficient (Wildman–Crippen LogP) is 2.48. The highest BCUT2D eigenvalue weighted by Gasteiger charge is 2.35. The van der Waals surface area contributed by atoms with Crippen LogP contribution in [0, 0.1) is 0 Å². The van der Waals surface area contributed by atoms with Gasteiger partial charge in [0, 0.05) is 5.88 Å². The molecule has 0 bridgehead atoms. The van der Waals surface area contributed by atoms with Gasteiger partial charge in [-0.3, -0.25) is 4.79 Å². The maximum absolute atomic E-state index is 10.2. The van der Waals surface area contributed by atoms with Crippen molar-refractivity contribution in [3.8, 4) is 0 Å². The number of carbonyl (C=O) groups is 1. The van der Waals surface area contributed by atoms with Crippen LogP contribution in [0.5, 0.6) is 0 Å². The smallest absolute Gasteiger partial charge is 0.306 e. The molecule has 6 heteroatoms. The molecule has 0 aliphatic rings. The minimum absolute atomic E-state index is 0.0157. The number of carboxylic acid groups (broad SMARTS) is 1. The fourth-order valence-electron chi connectivity index (χ4n) is 0.425. The molecule has 0 spiro atoms. The first-order valence-electron chi connectivity index (χ1n) is 2.70. The quantitative estimate of drug-likeness (QED) is 0.766. The molecule has 1 atom stereocenters. The Morgan fingerprint density at radius 1 is 1.55 bits per heavy atom. The summed E-state index contributed by atoms with van der Waals surface area (Å²) in [5.74, 6) is -1.09. The van der Waals surface area contributed by atoms with E-state index >= 15 is 0 Å². The number of carboxylic acids is 1. The molecule has 1 unspecified atom stereocenters. The van der Waals surface area contributed by atoms with E-state index < -0.39 is 22.1 Å². The van der Waals surface area contributed by atoms with Gasteiger partial charge in [0.2, 0.25) is 0 Å². The Hall–Kier alpha value is 0.630. The Morgan fingerprint density at radius 3 is 2.27 bits per heavy atom. The minimum Gasteiger partial charge on any atom is -0.481 e. The van der Waals surface area contributed by atoms with Crippen LogP contribution in [0.1, 0.15) is 6.42 Å². The maximum Gasteiger partial charge on any atom is 0.306 e. The van der Waals surface area contributed by atoms with E-state index in [2.05, 4.69) is 0 Å². The average Bonchev–Trinajstić information content (AvgIpc) is 1.83. The van der Waals surface area contributed by atoms with Gasteiger partial charge in [0.25, 0.3) is 0 Å². The Morgan fingerprint density at radius 2 is 2.00 bits per heavy atom. The topological polar surface area (TPSA) is 37.3 Å². The van der Waals surface area contributed by atoms with Gasteiger partial charge in [-0.05, 0) is 0 Å². The first-order chi connectivity index (χ1) is 4.90. The van der Waals surface area contributed by atoms with E-state index in [1.165, 1.54) is 0 Å². The van der Waals surface area contributed by atoms with Crippen molar-refractivity contribution in [2.75, 3.05) is 5.88 Å². The molecule has 0 radical (unpaired) electrons. The van der Waals surface area contributed by atoms with E-state index in [1.54, 1.807) is 0 Å². The van der Waals surface area contributed by atoms with Gasteiger partial charge in [-0.15, -0.1) is 23.2 Å². The summed E-state index contributed by atoms with van der Waals surface area (Å²) in [6, 6.07) is 0. The van der Waals surface area contributed by atoms with Crippen molar-refractivity contribution in [2.24, 2.45) is 0 Å². The van der Waals surface area contributed by atoms with Gasteiger partial charge < -0.3 is 5.11 Å². The van der Waals surface area contributed by atoms with Crippen LogP contribution in [0.4, 0.5) is 0 Å². The Balaban J connectivity index is 4.08. The van der Waals surface area contributed by atoms with Gasteiger partial charge in [-0.1, -0.05) is 23.2 Å². The fourth-order valence-corrected chi connectivity index (χ4v) is 1.31. The van der Waals surface area contributed by atoms with Gasteiger partial charge in [0.1, 0.15) is 4.33 Å². The number of rotatable bonds is 4. The lowest BCUT2D eigenvalue weighted by atomic mass is 10.2. The molecule has 0 aliphatic heterocycles. The SMILES string of the molecule is O=C(O)CC(Cl)(Cl)C(Cl)CCl. The molecule has 0 aliphatic carbocycles. The van der Waals surface area contributed by atoms with Crippen LogP contribution in [0.3, 0.4) is 0 Å². The standard InChI is InChI=1S/C5H6Cl4O2/c6-2-3(7)5(8,9)1-4(10)11/h3H,1-2H2,(H,10,11). The number of halogens is 4. The summed E-state index contributed by atoms with van der Waals surface area (Å²) in [7, 11) is 0. The van der Waals surface area contributed by atoms with Crippen LogP contribution < -0.4 is 0 Å². The molecule has 0 amide bonds. The average molecular weight is 240 g/mol. The van der Waals surface area contributed by atoms with Gasteiger partial charge in [-0.2, -0.15) is 0 Å². The first-order valence-corrected chi connectivity index (χ1v) is 4.42. The molecular weight excluding hydrogens is 234 g/mol. The second-order valence-electron chi connectivity index (χ2n) is 1.95. The monoisotopic (exact) mass is 238 g/mol. The Bertz CT molecular complexity index is 147. The van der Waals surface area contributed by atoms with Crippen LogP contribution in [0.15, 0.2) is 0 Å². The third kappa shape index (κ3) is 4.26. The van der Waals surface area contributed by atoms with Gasteiger partial charge in [0.15, 0.2) is 0 Å². The number of alkyl halides is 4. The highest BCUT2D eigenvalue weighted by Crippen LogP contribution is 2.33. The van der Waals surface area contributed by atoms with E-state index in [0.717, 1.165) is 0 Å². The van der Waals surface area contributed by atoms with Gasteiger partial charge in [0.05, 0.1) is 11.8 Å². The number of aliphatic carboxylic acids is 1. The summed E-state index contributed by atoms with van der Waals surface area (Å²) in [4.78, 5) is 10.2. The van der Waals surface area contributed by atoms with Crippen LogP contribution in [0.25, 0.3) is 0 Å². The van der Waals surface area contributed by atoms with E-state index in [4.69, 9.17) is 51.5 Å². The molecule has 0 heterocycles. The summed E-state index contributed by atoms with van der Waals surface area (Å²) in [5, 5.41) is 7.56. The largest absolute Gasteiger partial charge is 0.481 e. The zero-order valence-electron chi connectivity index (χ0n) is 5.36. The Labute approximate surface area is 84.4 Å². The molecule has 66 valence electrons. The molecule has 0 aromatic rings. The van der Waals surface area contributed by atoms with Gasteiger partial charge in [-0.25, -0.2) is 0 Å². The molecule has 0 saturated heterocycles. The summed E-state index contributed by atoms with van der Waals surface area (Å²) in [5.41, 5.74) is 0. The van der Waals surface area contributed by atoms with Crippen molar-refractivity contribution in [2.45, 2.75) is 16.1 Å². The first kappa shape index (κ1) is 11.6. The third-order valence-corrected chi connectivity index (χ3v) is 2.99. The van der Waals surface area contributed by atoms with Crippen molar-refractivity contribution >= 4 is 52.4 Å². The Kier molecular flexibility index (Phi) is 4.87. The van der Waals surface area contributed by atoms with Crippen LogP contribution >= 0.6 is 46.4 Å². The summed E-state index contributed by atoms with van der Waals surface area (Å²) < 4.78 is -1.49. The molecule has 0 saturated carbocycles. The van der Waals surface area contributed by atoms with Crippen LogP contribution in [0.2, 0.25) is 0 Å². The normalized spacial score (nSPS) is 14.5. The van der Waals surface area contributed by atoms with Crippen LogP contribution in [-0.4, -0.2) is 26.7 Å². The second-order valence-corrected chi connectivity index (χ2v) is 4.33. The van der Waals surface area contributed by atoms with Crippen molar-refractivity contribution < 1.29 is 9.90 Å². The van der Waals surface area contributed by atoms with E-state index in [0.29, 0.717) is 0 Å². The van der Waals surface area contributed by atoms with Crippen molar-refractivity contribution in [3.63, 3.8) is 0 Å². The molecule has 0 rings (SSSR count). The highest BCUT2D eigenvalue weighted by atomic mass is 35.5. The summed E-state index contributed by atoms with van der Waals surface area (Å²) >= 11 is 22.0. The minimum atomic E-state index is -1.49. The van der Waals surface area contributed by atoms with Crippen molar-refractivity contribution in [1.29, 1.82) is 0 Å². The lowest BCUT2D eigenvalue weighted by Crippen LogP contribution is -2.30. The maximum atomic E-state index is 10.2. The van der Waals surface area contributed by atoms with E-state index in [9.17, 15) is 4.79 Å². The van der Waals surface area contributed by atoms with Crippen LogP contribution in [-0.2, 0) is 4.79 Å².